The van der Waals surface area contributed by atoms with Crippen molar-refractivity contribution < 1.29 is 0 Å². The summed E-state index contributed by atoms with van der Waals surface area (Å²) in [5.74, 6) is 0.731. The first kappa shape index (κ1) is 10.1. The van der Waals surface area contributed by atoms with Gasteiger partial charge in [0.05, 0.1) is 5.02 Å². The Balaban J connectivity index is 2.28. The van der Waals surface area contributed by atoms with E-state index in [0.29, 0.717) is 16.4 Å². The predicted molar refractivity (Wildman–Crippen MR) is 67.8 cm³/mol. The van der Waals surface area contributed by atoms with Gasteiger partial charge in [0.1, 0.15) is 0 Å². The maximum atomic E-state index is 6.04. The number of fused-ring (bicyclic) bond motifs is 1. The zero-order chi connectivity index (χ0) is 11.8. The quantitative estimate of drug-likeness (QED) is 0.670. The summed E-state index contributed by atoms with van der Waals surface area (Å²) < 4.78 is 1.84. The molecule has 0 fully saturated rings. The molecule has 2 heterocycles. The SMILES string of the molecule is Nc1cccc(-c2nnc3c(Cl)cccn23)c1. The number of nitrogens with zero attached hydrogens (tertiary/aromatic N) is 3. The van der Waals surface area contributed by atoms with Gasteiger partial charge in [-0.3, -0.25) is 4.40 Å². The Morgan fingerprint density at radius 1 is 1.12 bits per heavy atom. The van der Waals surface area contributed by atoms with Crippen LogP contribution in [-0.2, 0) is 0 Å². The third-order valence-corrected chi connectivity index (χ3v) is 2.83. The van der Waals surface area contributed by atoms with E-state index in [4.69, 9.17) is 17.3 Å². The van der Waals surface area contributed by atoms with Crippen LogP contribution in [0.15, 0.2) is 42.6 Å². The highest BCUT2D eigenvalue weighted by atomic mass is 35.5. The zero-order valence-electron chi connectivity index (χ0n) is 8.84. The summed E-state index contributed by atoms with van der Waals surface area (Å²) >= 11 is 6.04. The number of nitrogen functional groups attached to an aromatic ring is 1. The molecule has 2 aromatic heterocycles. The molecule has 17 heavy (non-hydrogen) atoms. The third kappa shape index (κ3) is 1.62. The van der Waals surface area contributed by atoms with Crippen molar-refractivity contribution in [3.05, 3.63) is 47.6 Å². The van der Waals surface area contributed by atoms with Crippen LogP contribution in [0.2, 0.25) is 5.02 Å². The first-order valence-corrected chi connectivity index (χ1v) is 5.48. The van der Waals surface area contributed by atoms with Crippen molar-refractivity contribution in [2.45, 2.75) is 0 Å². The molecule has 1 aromatic carbocycles. The highest BCUT2D eigenvalue weighted by molar-refractivity contribution is 6.33. The smallest absolute Gasteiger partial charge is 0.179 e. The largest absolute Gasteiger partial charge is 0.399 e. The number of rotatable bonds is 1. The van der Waals surface area contributed by atoms with Crippen LogP contribution in [-0.4, -0.2) is 14.6 Å². The minimum atomic E-state index is 0.579. The summed E-state index contributed by atoms with van der Waals surface area (Å²) in [6, 6.07) is 11.2. The molecular formula is C12H9ClN4. The van der Waals surface area contributed by atoms with Crippen molar-refractivity contribution in [3.63, 3.8) is 0 Å². The van der Waals surface area contributed by atoms with Gasteiger partial charge in [-0.25, -0.2) is 0 Å². The monoisotopic (exact) mass is 244 g/mol. The van der Waals surface area contributed by atoms with Crippen molar-refractivity contribution in [2.24, 2.45) is 0 Å². The fourth-order valence-electron chi connectivity index (χ4n) is 1.76. The first-order valence-electron chi connectivity index (χ1n) is 5.11. The average molecular weight is 245 g/mol. The van der Waals surface area contributed by atoms with E-state index in [1.54, 1.807) is 6.07 Å². The number of nitrogens with two attached hydrogens (primary N) is 1. The number of hydrogen-bond acceptors (Lipinski definition) is 3. The molecule has 5 heteroatoms. The standard InChI is InChI=1S/C12H9ClN4/c13-10-5-2-6-17-11(15-16-12(10)17)8-3-1-4-9(14)7-8/h1-7H,14H2. The molecule has 0 radical (unpaired) electrons. The molecular weight excluding hydrogens is 236 g/mol. The van der Waals surface area contributed by atoms with Crippen LogP contribution in [0.4, 0.5) is 5.69 Å². The van der Waals surface area contributed by atoms with Gasteiger partial charge in [-0.2, -0.15) is 0 Å². The maximum Gasteiger partial charge on any atom is 0.179 e. The van der Waals surface area contributed by atoms with E-state index in [1.165, 1.54) is 0 Å². The van der Waals surface area contributed by atoms with E-state index in [2.05, 4.69) is 10.2 Å². The normalized spacial score (nSPS) is 10.9. The van der Waals surface area contributed by atoms with Gasteiger partial charge in [-0.1, -0.05) is 23.7 Å². The van der Waals surface area contributed by atoms with E-state index in [1.807, 2.05) is 40.9 Å². The van der Waals surface area contributed by atoms with Crippen LogP contribution in [0.5, 0.6) is 0 Å². The number of pyridine rings is 1. The molecule has 0 aliphatic rings. The zero-order valence-corrected chi connectivity index (χ0v) is 9.59. The summed E-state index contributed by atoms with van der Waals surface area (Å²) in [5.41, 5.74) is 8.01. The van der Waals surface area contributed by atoms with Gasteiger partial charge >= 0.3 is 0 Å². The Morgan fingerprint density at radius 2 is 2.00 bits per heavy atom. The molecule has 0 atom stereocenters. The molecule has 0 bridgehead atoms. The molecule has 3 aromatic rings. The molecule has 3 rings (SSSR count). The summed E-state index contributed by atoms with van der Waals surface area (Å²) in [7, 11) is 0. The van der Waals surface area contributed by atoms with Crippen molar-refractivity contribution in [3.8, 4) is 11.4 Å². The molecule has 0 saturated heterocycles. The second-order valence-electron chi connectivity index (χ2n) is 3.70. The number of aromatic nitrogens is 3. The summed E-state index contributed by atoms with van der Waals surface area (Å²) in [6.07, 6.45) is 1.87. The van der Waals surface area contributed by atoms with Crippen molar-refractivity contribution >= 4 is 22.9 Å². The van der Waals surface area contributed by atoms with E-state index in [9.17, 15) is 0 Å². The number of hydrogen-bond donors (Lipinski definition) is 1. The minimum absolute atomic E-state index is 0.579. The van der Waals surface area contributed by atoms with E-state index >= 15 is 0 Å². The lowest BCUT2D eigenvalue weighted by Crippen LogP contribution is -1.91. The van der Waals surface area contributed by atoms with Gasteiger partial charge < -0.3 is 5.73 Å². The lowest BCUT2D eigenvalue weighted by Gasteiger charge is -2.01. The molecule has 4 nitrogen and oxygen atoms in total. The van der Waals surface area contributed by atoms with Crippen LogP contribution in [0.1, 0.15) is 0 Å². The number of anilines is 1. The Bertz CT molecular complexity index is 690. The van der Waals surface area contributed by atoms with Crippen molar-refractivity contribution in [2.75, 3.05) is 5.73 Å². The van der Waals surface area contributed by atoms with Gasteiger partial charge in [0.25, 0.3) is 0 Å². The van der Waals surface area contributed by atoms with Crippen LogP contribution in [0, 0.1) is 0 Å². The highest BCUT2D eigenvalue weighted by Crippen LogP contribution is 2.23. The van der Waals surface area contributed by atoms with E-state index < -0.39 is 0 Å². The van der Waals surface area contributed by atoms with Gasteiger partial charge in [-0.05, 0) is 24.3 Å². The summed E-state index contributed by atoms with van der Waals surface area (Å²) in [5, 5.41) is 8.78. The first-order chi connectivity index (χ1) is 8.25. The molecule has 0 unspecified atom stereocenters. The minimum Gasteiger partial charge on any atom is -0.399 e. The maximum absolute atomic E-state index is 6.04. The van der Waals surface area contributed by atoms with Gasteiger partial charge in [0.2, 0.25) is 0 Å². The Morgan fingerprint density at radius 3 is 2.82 bits per heavy atom. The second kappa shape index (κ2) is 3.75. The fraction of sp³-hybridized carbons (Fsp3) is 0. The van der Waals surface area contributed by atoms with E-state index in [0.717, 1.165) is 11.4 Å². The topological polar surface area (TPSA) is 56.2 Å². The van der Waals surface area contributed by atoms with Crippen molar-refractivity contribution in [1.82, 2.24) is 14.6 Å². The second-order valence-corrected chi connectivity index (χ2v) is 4.11. The van der Waals surface area contributed by atoms with Crippen LogP contribution >= 0.6 is 11.6 Å². The van der Waals surface area contributed by atoms with Crippen LogP contribution < -0.4 is 5.73 Å². The lowest BCUT2D eigenvalue weighted by molar-refractivity contribution is 1.11. The van der Waals surface area contributed by atoms with Crippen molar-refractivity contribution in [1.29, 1.82) is 0 Å². The Hall–Kier alpha value is -2.07. The number of halogens is 1. The number of benzene rings is 1. The molecule has 0 aliphatic carbocycles. The third-order valence-electron chi connectivity index (χ3n) is 2.53. The summed E-state index contributed by atoms with van der Waals surface area (Å²) in [4.78, 5) is 0. The summed E-state index contributed by atoms with van der Waals surface area (Å²) in [6.45, 7) is 0. The highest BCUT2D eigenvalue weighted by Gasteiger charge is 2.09. The Labute approximate surface area is 103 Å². The molecule has 0 spiro atoms. The molecule has 2 N–H and O–H groups in total. The molecule has 0 amide bonds. The van der Waals surface area contributed by atoms with E-state index in [-0.39, 0.29) is 0 Å². The fourth-order valence-corrected chi connectivity index (χ4v) is 1.96. The molecule has 0 saturated carbocycles. The average Bonchev–Trinajstić information content (AvgIpc) is 2.74. The van der Waals surface area contributed by atoms with Gasteiger partial charge in [0, 0.05) is 17.4 Å². The van der Waals surface area contributed by atoms with Gasteiger partial charge in [-0.15, -0.1) is 10.2 Å². The Kier molecular flexibility index (Phi) is 2.23. The predicted octanol–water partition coefficient (Wildman–Crippen LogP) is 2.63. The van der Waals surface area contributed by atoms with Gasteiger partial charge in [0.15, 0.2) is 11.5 Å². The van der Waals surface area contributed by atoms with Crippen LogP contribution in [0.3, 0.4) is 0 Å². The molecule has 84 valence electrons. The lowest BCUT2D eigenvalue weighted by atomic mass is 10.2. The van der Waals surface area contributed by atoms with Crippen LogP contribution in [0.25, 0.3) is 17.0 Å². The molecule has 0 aliphatic heterocycles.